The fourth-order valence-electron chi connectivity index (χ4n) is 3.16. The summed E-state index contributed by atoms with van der Waals surface area (Å²) in [6, 6.07) is 7.26. The van der Waals surface area contributed by atoms with E-state index in [-0.39, 0.29) is 0 Å². The van der Waals surface area contributed by atoms with Crippen LogP contribution in [0.4, 0.5) is 0 Å². The predicted octanol–water partition coefficient (Wildman–Crippen LogP) is 2.19. The number of hydrogen-bond acceptors (Lipinski definition) is 4. The summed E-state index contributed by atoms with van der Waals surface area (Å²) in [5, 5.41) is 0.494. The van der Waals surface area contributed by atoms with E-state index in [9.17, 15) is 8.42 Å². The van der Waals surface area contributed by atoms with Gasteiger partial charge in [0.15, 0.2) is 0 Å². The highest BCUT2D eigenvalue weighted by Gasteiger charge is 2.33. The van der Waals surface area contributed by atoms with Crippen LogP contribution >= 0.6 is 0 Å². The molecule has 0 radical (unpaired) electrons. The molecule has 2 heterocycles. The van der Waals surface area contributed by atoms with Crippen LogP contribution in [0.5, 0.6) is 0 Å². The van der Waals surface area contributed by atoms with Crippen molar-refractivity contribution in [2.24, 2.45) is 0 Å². The van der Waals surface area contributed by atoms with E-state index >= 15 is 0 Å². The van der Waals surface area contributed by atoms with Crippen LogP contribution in [0.25, 0.3) is 6.08 Å². The molecule has 0 atom stereocenters. The number of sulfone groups is 1. The minimum absolute atomic E-state index is 0.456. The second-order valence-electron chi connectivity index (χ2n) is 5.65. The molecule has 4 nitrogen and oxygen atoms in total. The van der Waals surface area contributed by atoms with E-state index in [2.05, 4.69) is 16.7 Å². The third-order valence-corrected chi connectivity index (χ3v) is 6.20. The molecule has 1 fully saturated rings. The van der Waals surface area contributed by atoms with E-state index in [1.807, 2.05) is 18.2 Å². The van der Waals surface area contributed by atoms with Gasteiger partial charge in [0.25, 0.3) is 0 Å². The van der Waals surface area contributed by atoms with Gasteiger partial charge in [-0.1, -0.05) is 25.1 Å². The zero-order valence-corrected chi connectivity index (χ0v) is 13.3. The molecule has 0 spiro atoms. The van der Waals surface area contributed by atoms with Crippen LogP contribution in [-0.4, -0.2) is 50.9 Å². The lowest BCUT2D eigenvalue weighted by molar-refractivity contribution is 0.218. The number of benzene rings is 1. The second-order valence-corrected chi connectivity index (χ2v) is 7.52. The topological polar surface area (TPSA) is 40.6 Å². The maximum Gasteiger partial charge on any atom is 0.222 e. The molecule has 3 rings (SSSR count). The van der Waals surface area contributed by atoms with Gasteiger partial charge in [-0.2, -0.15) is 0 Å². The lowest BCUT2D eigenvalue weighted by Crippen LogP contribution is -2.37. The third-order valence-electron chi connectivity index (χ3n) is 4.33. The molecule has 2 aliphatic heterocycles. The van der Waals surface area contributed by atoms with E-state index in [0.717, 1.165) is 51.1 Å². The van der Waals surface area contributed by atoms with Crippen LogP contribution in [0.15, 0.2) is 34.2 Å². The van der Waals surface area contributed by atoms with Crippen molar-refractivity contribution in [2.75, 3.05) is 32.7 Å². The summed E-state index contributed by atoms with van der Waals surface area (Å²) in [5.41, 5.74) is 0.824. The Morgan fingerprint density at radius 2 is 1.71 bits per heavy atom. The molecule has 0 N–H and O–H groups in total. The van der Waals surface area contributed by atoms with Crippen molar-refractivity contribution in [1.29, 1.82) is 0 Å². The van der Waals surface area contributed by atoms with Gasteiger partial charge in [-0.15, -0.1) is 0 Å². The van der Waals surface area contributed by atoms with E-state index in [1.54, 1.807) is 12.1 Å². The van der Waals surface area contributed by atoms with Crippen molar-refractivity contribution in [3.8, 4) is 0 Å². The smallest absolute Gasteiger partial charge is 0.222 e. The SMILES string of the molecule is CCN1CCCN(C2=Cc3ccccc3S2(=O)=O)CCC1. The molecule has 0 aromatic heterocycles. The Morgan fingerprint density at radius 3 is 2.33 bits per heavy atom. The van der Waals surface area contributed by atoms with Crippen LogP contribution in [0.1, 0.15) is 25.3 Å². The van der Waals surface area contributed by atoms with Gasteiger partial charge in [0, 0.05) is 13.1 Å². The third kappa shape index (κ3) is 2.72. The lowest BCUT2D eigenvalue weighted by atomic mass is 10.2. The molecule has 0 bridgehead atoms. The summed E-state index contributed by atoms with van der Waals surface area (Å²) in [6.07, 6.45) is 3.86. The Bertz CT molecular complexity index is 642. The first-order valence-electron chi connectivity index (χ1n) is 7.66. The molecule has 0 saturated carbocycles. The molecule has 21 heavy (non-hydrogen) atoms. The lowest BCUT2D eigenvalue weighted by Gasteiger charge is -2.31. The number of nitrogens with zero attached hydrogens (tertiary/aromatic N) is 2. The molecule has 1 aromatic rings. The van der Waals surface area contributed by atoms with Gasteiger partial charge in [-0.05, 0) is 50.2 Å². The summed E-state index contributed by atoms with van der Waals surface area (Å²) in [5.74, 6) is 0. The van der Waals surface area contributed by atoms with Crippen molar-refractivity contribution in [3.63, 3.8) is 0 Å². The van der Waals surface area contributed by atoms with Gasteiger partial charge < -0.3 is 9.80 Å². The van der Waals surface area contributed by atoms with Crippen LogP contribution in [0.3, 0.4) is 0 Å². The van der Waals surface area contributed by atoms with E-state index in [4.69, 9.17) is 0 Å². The van der Waals surface area contributed by atoms with Crippen molar-refractivity contribution < 1.29 is 8.42 Å². The molecule has 0 unspecified atom stereocenters. The first kappa shape index (κ1) is 14.6. The summed E-state index contributed by atoms with van der Waals surface area (Å²) in [6.45, 7) is 6.98. The number of fused-ring (bicyclic) bond motifs is 1. The largest absolute Gasteiger partial charge is 0.362 e. The van der Waals surface area contributed by atoms with Gasteiger partial charge >= 0.3 is 0 Å². The van der Waals surface area contributed by atoms with Crippen LogP contribution < -0.4 is 0 Å². The van der Waals surface area contributed by atoms with Crippen molar-refractivity contribution in [3.05, 3.63) is 34.9 Å². The monoisotopic (exact) mass is 306 g/mol. The molecule has 1 aromatic carbocycles. The minimum Gasteiger partial charge on any atom is -0.362 e. The van der Waals surface area contributed by atoms with Crippen LogP contribution in [0.2, 0.25) is 0 Å². The molecule has 1 saturated heterocycles. The molecule has 0 aliphatic carbocycles. The maximum absolute atomic E-state index is 12.7. The molecular weight excluding hydrogens is 284 g/mol. The Morgan fingerprint density at radius 1 is 1.05 bits per heavy atom. The summed E-state index contributed by atoms with van der Waals surface area (Å²) in [7, 11) is -3.32. The highest BCUT2D eigenvalue weighted by atomic mass is 32.2. The minimum atomic E-state index is -3.32. The zero-order chi connectivity index (χ0) is 14.9. The van der Waals surface area contributed by atoms with Crippen LogP contribution in [0, 0.1) is 0 Å². The normalized spacial score (nSPS) is 22.3. The molecule has 2 aliphatic rings. The number of rotatable bonds is 2. The quantitative estimate of drug-likeness (QED) is 0.840. The number of hydrogen-bond donors (Lipinski definition) is 0. The fourth-order valence-corrected chi connectivity index (χ4v) is 4.88. The van der Waals surface area contributed by atoms with Crippen molar-refractivity contribution in [2.45, 2.75) is 24.7 Å². The van der Waals surface area contributed by atoms with Crippen molar-refractivity contribution >= 4 is 15.9 Å². The summed E-state index contributed by atoms with van der Waals surface area (Å²) >= 11 is 0. The summed E-state index contributed by atoms with van der Waals surface area (Å²) in [4.78, 5) is 4.95. The fraction of sp³-hybridized carbons (Fsp3) is 0.500. The highest BCUT2D eigenvalue weighted by Crippen LogP contribution is 2.34. The molecule has 114 valence electrons. The van der Waals surface area contributed by atoms with Gasteiger partial charge in [0.05, 0.1) is 4.90 Å². The first-order chi connectivity index (χ1) is 10.1. The van der Waals surface area contributed by atoms with Gasteiger partial charge in [-0.3, -0.25) is 0 Å². The summed E-state index contributed by atoms with van der Waals surface area (Å²) < 4.78 is 25.4. The Kier molecular flexibility index (Phi) is 4.04. The van der Waals surface area contributed by atoms with Gasteiger partial charge in [-0.25, -0.2) is 8.42 Å². The van der Waals surface area contributed by atoms with E-state index in [0.29, 0.717) is 9.92 Å². The van der Waals surface area contributed by atoms with Gasteiger partial charge in [0.2, 0.25) is 9.84 Å². The highest BCUT2D eigenvalue weighted by molar-refractivity contribution is 7.95. The average Bonchev–Trinajstić information content (AvgIpc) is 2.71. The maximum atomic E-state index is 12.7. The predicted molar refractivity (Wildman–Crippen MR) is 84.5 cm³/mol. The molecular formula is C16H22N2O2S. The zero-order valence-electron chi connectivity index (χ0n) is 12.5. The second kappa shape index (κ2) is 5.81. The Balaban J connectivity index is 1.82. The Labute approximate surface area is 127 Å². The van der Waals surface area contributed by atoms with E-state index in [1.165, 1.54) is 0 Å². The van der Waals surface area contributed by atoms with E-state index < -0.39 is 9.84 Å². The Hall–Kier alpha value is -1.33. The standard InChI is InChI=1S/C16H22N2O2S/c1-2-17-9-5-11-18(12-6-10-17)16-13-14-7-3-4-8-15(14)21(16,19)20/h3-4,7-8,13H,2,5-6,9-12H2,1H3. The molecule has 0 amide bonds. The van der Waals surface area contributed by atoms with Gasteiger partial charge in [0.1, 0.15) is 5.03 Å². The average molecular weight is 306 g/mol. The molecule has 5 heteroatoms. The van der Waals surface area contributed by atoms with Crippen LogP contribution in [-0.2, 0) is 9.84 Å². The first-order valence-corrected chi connectivity index (χ1v) is 9.14. The van der Waals surface area contributed by atoms with Crippen molar-refractivity contribution in [1.82, 2.24) is 9.80 Å².